The van der Waals surface area contributed by atoms with Crippen LogP contribution in [0.3, 0.4) is 0 Å². The predicted molar refractivity (Wildman–Crippen MR) is 62.1 cm³/mol. The highest BCUT2D eigenvalue weighted by atomic mass is 16.6. The molecule has 0 heterocycles. The van der Waals surface area contributed by atoms with Crippen LogP contribution in [0, 0.1) is 11.3 Å². The van der Waals surface area contributed by atoms with E-state index >= 15 is 0 Å². The summed E-state index contributed by atoms with van der Waals surface area (Å²) >= 11 is 0. The first-order valence-electron chi connectivity index (χ1n) is 4.62. The van der Waals surface area contributed by atoms with Gasteiger partial charge in [0.2, 0.25) is 0 Å². The van der Waals surface area contributed by atoms with Crippen molar-refractivity contribution in [3.05, 3.63) is 35.4 Å². The minimum absolute atomic E-state index is 0.423. The van der Waals surface area contributed by atoms with E-state index in [9.17, 15) is 0 Å². The lowest BCUT2D eigenvalue weighted by molar-refractivity contribution is 0.215. The number of nitriles is 1. The lowest BCUT2D eigenvalue weighted by Gasteiger charge is -1.99. The zero-order chi connectivity index (χ0) is 11.8. The molecule has 0 atom stereocenters. The summed E-state index contributed by atoms with van der Waals surface area (Å²) in [7, 11) is 3.04. The maximum Gasteiger partial charge on any atom is 0.118 e. The minimum atomic E-state index is 0.423. The van der Waals surface area contributed by atoms with Gasteiger partial charge in [0.15, 0.2) is 0 Å². The van der Waals surface area contributed by atoms with E-state index in [4.69, 9.17) is 10.00 Å². The van der Waals surface area contributed by atoms with Crippen LogP contribution in [-0.2, 0) is 4.84 Å². The molecule has 0 amide bonds. The molecule has 0 unspecified atom stereocenters. The molecule has 4 heteroatoms. The Balaban J connectivity index is 2.87. The third kappa shape index (κ3) is 3.46. The van der Waals surface area contributed by atoms with Gasteiger partial charge in [0.1, 0.15) is 18.9 Å². The zero-order valence-corrected chi connectivity index (χ0v) is 9.18. The van der Waals surface area contributed by atoms with Gasteiger partial charge in [-0.25, -0.2) is 0 Å². The van der Waals surface area contributed by atoms with Gasteiger partial charge in [0.25, 0.3) is 0 Å². The van der Waals surface area contributed by atoms with E-state index in [0.29, 0.717) is 5.57 Å². The molecule has 0 bridgehead atoms. The first-order valence-corrected chi connectivity index (χ1v) is 4.62. The third-order valence-corrected chi connectivity index (χ3v) is 1.86. The smallest absolute Gasteiger partial charge is 0.118 e. The number of ether oxygens (including phenoxy) is 1. The SMILES string of the molecule is CO/N=C/C(C#N)=C\c1ccc(OC)cc1. The fourth-order valence-electron chi connectivity index (χ4n) is 1.09. The number of hydrogen-bond donors (Lipinski definition) is 0. The molecule has 1 aromatic rings. The lowest BCUT2D eigenvalue weighted by atomic mass is 10.1. The quantitative estimate of drug-likeness (QED) is 0.440. The summed E-state index contributed by atoms with van der Waals surface area (Å²) in [5, 5.41) is 12.4. The van der Waals surface area contributed by atoms with Crippen LogP contribution in [0.5, 0.6) is 5.75 Å². The van der Waals surface area contributed by atoms with Crippen LogP contribution < -0.4 is 4.74 Å². The van der Waals surface area contributed by atoms with Gasteiger partial charge in [0.05, 0.1) is 18.9 Å². The topological polar surface area (TPSA) is 54.6 Å². The van der Waals surface area contributed by atoms with Crippen LogP contribution in [0.1, 0.15) is 5.56 Å². The molecule has 1 rings (SSSR count). The van der Waals surface area contributed by atoms with Gasteiger partial charge in [-0.2, -0.15) is 5.26 Å². The molecular weight excluding hydrogens is 204 g/mol. The molecule has 0 N–H and O–H groups in total. The summed E-state index contributed by atoms with van der Waals surface area (Å²) in [4.78, 5) is 4.51. The van der Waals surface area contributed by atoms with Crippen molar-refractivity contribution in [1.82, 2.24) is 0 Å². The van der Waals surface area contributed by atoms with Crippen molar-refractivity contribution >= 4 is 12.3 Å². The van der Waals surface area contributed by atoms with Crippen molar-refractivity contribution in [3.63, 3.8) is 0 Å². The predicted octanol–water partition coefficient (Wildman–Crippen LogP) is 2.23. The molecule has 4 nitrogen and oxygen atoms in total. The molecule has 82 valence electrons. The maximum absolute atomic E-state index is 8.82. The van der Waals surface area contributed by atoms with Crippen molar-refractivity contribution in [1.29, 1.82) is 5.26 Å². The van der Waals surface area contributed by atoms with E-state index in [1.807, 2.05) is 30.3 Å². The molecular formula is C12H12N2O2. The van der Waals surface area contributed by atoms with Gasteiger partial charge in [-0.15, -0.1) is 0 Å². The number of nitrogens with zero attached hydrogens (tertiary/aromatic N) is 2. The molecule has 0 aliphatic carbocycles. The second kappa shape index (κ2) is 6.25. The van der Waals surface area contributed by atoms with Gasteiger partial charge in [0, 0.05) is 0 Å². The minimum Gasteiger partial charge on any atom is -0.497 e. The molecule has 1 aromatic carbocycles. The summed E-state index contributed by atoms with van der Waals surface area (Å²) in [6.45, 7) is 0. The number of benzene rings is 1. The fourth-order valence-corrected chi connectivity index (χ4v) is 1.09. The normalized spacial score (nSPS) is 11.2. The Hall–Kier alpha value is -2.28. The Morgan fingerprint density at radius 3 is 2.50 bits per heavy atom. The molecule has 0 saturated heterocycles. The van der Waals surface area contributed by atoms with E-state index in [2.05, 4.69) is 9.99 Å². The van der Waals surface area contributed by atoms with Crippen molar-refractivity contribution in [2.75, 3.05) is 14.2 Å². The van der Waals surface area contributed by atoms with Gasteiger partial charge >= 0.3 is 0 Å². The van der Waals surface area contributed by atoms with Crippen molar-refractivity contribution in [2.24, 2.45) is 5.16 Å². The molecule has 0 aliphatic heterocycles. The van der Waals surface area contributed by atoms with Crippen molar-refractivity contribution in [2.45, 2.75) is 0 Å². The molecule has 0 spiro atoms. The first-order chi connectivity index (χ1) is 7.80. The largest absolute Gasteiger partial charge is 0.497 e. The third-order valence-electron chi connectivity index (χ3n) is 1.86. The van der Waals surface area contributed by atoms with Gasteiger partial charge < -0.3 is 9.57 Å². The maximum atomic E-state index is 8.82. The van der Waals surface area contributed by atoms with Crippen LogP contribution in [0.25, 0.3) is 6.08 Å². The number of oxime groups is 1. The standard InChI is InChI=1S/C12H12N2O2/c1-15-12-5-3-10(4-6-12)7-11(8-13)9-14-16-2/h3-7,9H,1-2H3/b11-7-,14-9+. The Bertz CT molecular complexity index is 427. The second-order valence-electron chi connectivity index (χ2n) is 2.90. The van der Waals surface area contributed by atoms with Crippen molar-refractivity contribution < 1.29 is 9.57 Å². The zero-order valence-electron chi connectivity index (χ0n) is 9.18. The van der Waals surface area contributed by atoms with Crippen LogP contribution >= 0.6 is 0 Å². The highest BCUT2D eigenvalue weighted by Gasteiger charge is 1.94. The van der Waals surface area contributed by atoms with Crippen LogP contribution in [0.15, 0.2) is 35.0 Å². The Morgan fingerprint density at radius 2 is 2.00 bits per heavy atom. The van der Waals surface area contributed by atoms with Crippen LogP contribution in [-0.4, -0.2) is 20.4 Å². The molecule has 0 radical (unpaired) electrons. The average Bonchev–Trinajstić information content (AvgIpc) is 2.35. The van der Waals surface area contributed by atoms with Crippen LogP contribution in [0.4, 0.5) is 0 Å². The molecule has 0 saturated carbocycles. The Morgan fingerprint density at radius 1 is 1.31 bits per heavy atom. The number of rotatable bonds is 4. The molecule has 0 aromatic heterocycles. The van der Waals surface area contributed by atoms with E-state index in [1.165, 1.54) is 13.3 Å². The lowest BCUT2D eigenvalue weighted by Crippen LogP contribution is -1.84. The summed E-state index contributed by atoms with van der Waals surface area (Å²) in [5.41, 5.74) is 1.33. The second-order valence-corrected chi connectivity index (χ2v) is 2.90. The van der Waals surface area contributed by atoms with Crippen molar-refractivity contribution in [3.8, 4) is 11.8 Å². The first kappa shape index (κ1) is 11.8. The fraction of sp³-hybridized carbons (Fsp3) is 0.167. The van der Waals surface area contributed by atoms with Crippen LogP contribution in [0.2, 0.25) is 0 Å². The molecule has 16 heavy (non-hydrogen) atoms. The summed E-state index contributed by atoms with van der Waals surface area (Å²) < 4.78 is 5.03. The highest BCUT2D eigenvalue weighted by molar-refractivity contribution is 5.90. The van der Waals surface area contributed by atoms with Gasteiger partial charge in [-0.05, 0) is 23.8 Å². The Kier molecular flexibility index (Phi) is 4.61. The van der Waals surface area contributed by atoms with Gasteiger partial charge in [-0.3, -0.25) is 0 Å². The Labute approximate surface area is 94.4 Å². The summed E-state index contributed by atoms with van der Waals surface area (Å²) in [6, 6.07) is 9.39. The summed E-state index contributed by atoms with van der Waals surface area (Å²) in [5.74, 6) is 0.779. The molecule has 0 fully saturated rings. The number of methoxy groups -OCH3 is 1. The number of allylic oxidation sites excluding steroid dienone is 1. The van der Waals surface area contributed by atoms with E-state index in [-0.39, 0.29) is 0 Å². The average molecular weight is 216 g/mol. The van der Waals surface area contributed by atoms with E-state index < -0.39 is 0 Å². The van der Waals surface area contributed by atoms with E-state index in [0.717, 1.165) is 11.3 Å². The summed E-state index contributed by atoms with van der Waals surface area (Å²) in [6.07, 6.45) is 3.08. The van der Waals surface area contributed by atoms with Gasteiger partial charge in [-0.1, -0.05) is 17.3 Å². The number of hydrogen-bond acceptors (Lipinski definition) is 4. The monoisotopic (exact) mass is 216 g/mol. The van der Waals surface area contributed by atoms with E-state index in [1.54, 1.807) is 13.2 Å². The highest BCUT2D eigenvalue weighted by Crippen LogP contribution is 2.13. The molecule has 0 aliphatic rings.